The third-order valence-electron chi connectivity index (χ3n) is 1.72. The van der Waals surface area contributed by atoms with Crippen molar-refractivity contribution in [2.45, 2.75) is 6.42 Å². The Balaban J connectivity index is 2.42. The Morgan fingerprint density at radius 3 is 2.88 bits per heavy atom. The number of urea groups is 1. The van der Waals surface area contributed by atoms with Crippen LogP contribution in [-0.2, 0) is 4.79 Å². The van der Waals surface area contributed by atoms with Crippen molar-refractivity contribution in [3.63, 3.8) is 0 Å². The van der Waals surface area contributed by atoms with Gasteiger partial charge in [0.15, 0.2) is 0 Å². The summed E-state index contributed by atoms with van der Waals surface area (Å²) in [7, 11) is 1.44. The maximum atomic E-state index is 11.3. The highest BCUT2D eigenvalue weighted by atomic mass is 16.5. The van der Waals surface area contributed by atoms with Gasteiger partial charge in [-0.3, -0.25) is 10.1 Å². The molecule has 8 nitrogen and oxygen atoms in total. The van der Waals surface area contributed by atoms with Crippen LogP contribution in [0.1, 0.15) is 6.42 Å². The zero-order chi connectivity index (χ0) is 12.7. The largest absolute Gasteiger partial charge is 0.481 e. The molecular formula is C9H12N4O4. The molecule has 1 aromatic rings. The number of carboxylic acids is 1. The van der Waals surface area contributed by atoms with Crippen LogP contribution in [0, 0.1) is 0 Å². The van der Waals surface area contributed by atoms with Crippen LogP contribution >= 0.6 is 0 Å². The van der Waals surface area contributed by atoms with Crippen molar-refractivity contribution in [2.75, 3.05) is 19.0 Å². The number of aliphatic carboxylic acids is 1. The minimum atomic E-state index is -0.978. The summed E-state index contributed by atoms with van der Waals surface area (Å²) < 4.78 is 4.85. The first-order chi connectivity index (χ1) is 8.11. The zero-order valence-electron chi connectivity index (χ0n) is 9.14. The number of hydrogen-bond acceptors (Lipinski definition) is 5. The summed E-state index contributed by atoms with van der Waals surface area (Å²) in [4.78, 5) is 29.0. The molecule has 0 saturated carbocycles. The van der Waals surface area contributed by atoms with Gasteiger partial charge in [0.05, 0.1) is 13.5 Å². The Hall–Kier alpha value is -2.38. The molecule has 0 fully saturated rings. The molecule has 2 amide bonds. The third kappa shape index (κ3) is 4.78. The first-order valence-electron chi connectivity index (χ1n) is 4.74. The predicted octanol–water partition coefficient (Wildman–Crippen LogP) is 0.0814. The average Bonchev–Trinajstić information content (AvgIpc) is 2.28. The molecule has 1 heterocycles. The predicted molar refractivity (Wildman–Crippen MR) is 57.9 cm³/mol. The molecule has 1 aromatic heterocycles. The smallest absolute Gasteiger partial charge is 0.320 e. The lowest BCUT2D eigenvalue weighted by atomic mass is 10.4. The molecule has 0 aliphatic carbocycles. The number of carbonyl (C=O) groups is 2. The number of methoxy groups -OCH3 is 1. The normalized spacial score (nSPS) is 9.47. The van der Waals surface area contributed by atoms with Gasteiger partial charge in [-0.25, -0.2) is 14.8 Å². The number of nitrogens with one attached hydrogen (secondary N) is 2. The first kappa shape index (κ1) is 12.7. The summed E-state index contributed by atoms with van der Waals surface area (Å²) in [6.07, 6.45) is 1.10. The second-order valence-corrected chi connectivity index (χ2v) is 2.97. The van der Waals surface area contributed by atoms with Crippen molar-refractivity contribution in [3.05, 3.63) is 12.4 Å². The number of carboxylic acid groups (broad SMARTS) is 1. The number of nitrogens with zero attached hydrogens (tertiary/aromatic N) is 2. The second-order valence-electron chi connectivity index (χ2n) is 2.97. The van der Waals surface area contributed by atoms with Crippen LogP contribution in [0.4, 0.5) is 10.6 Å². The van der Waals surface area contributed by atoms with E-state index < -0.39 is 12.0 Å². The molecule has 0 bridgehead atoms. The second kappa shape index (κ2) is 6.26. The molecule has 0 spiro atoms. The molecule has 1 rings (SSSR count). The molecule has 8 heteroatoms. The number of carbonyl (C=O) groups excluding carboxylic acids is 1. The molecule has 0 aliphatic heterocycles. The van der Waals surface area contributed by atoms with Crippen molar-refractivity contribution in [3.8, 4) is 5.88 Å². The zero-order valence-corrected chi connectivity index (χ0v) is 9.14. The van der Waals surface area contributed by atoms with E-state index in [4.69, 9.17) is 9.84 Å². The third-order valence-corrected chi connectivity index (χ3v) is 1.72. The van der Waals surface area contributed by atoms with Crippen molar-refractivity contribution >= 4 is 17.8 Å². The van der Waals surface area contributed by atoms with Gasteiger partial charge >= 0.3 is 12.0 Å². The summed E-state index contributed by atoms with van der Waals surface area (Å²) in [5.74, 6) is -0.389. The topological polar surface area (TPSA) is 113 Å². The molecule has 0 unspecified atom stereocenters. The van der Waals surface area contributed by atoms with Crippen molar-refractivity contribution in [2.24, 2.45) is 0 Å². The summed E-state index contributed by atoms with van der Waals surface area (Å²) in [5.41, 5.74) is 0. The van der Waals surface area contributed by atoms with Gasteiger partial charge in [-0.1, -0.05) is 0 Å². The average molecular weight is 240 g/mol. The van der Waals surface area contributed by atoms with Crippen LogP contribution in [-0.4, -0.2) is 40.7 Å². The van der Waals surface area contributed by atoms with Crippen molar-refractivity contribution in [1.82, 2.24) is 15.3 Å². The molecule has 3 N–H and O–H groups in total. The van der Waals surface area contributed by atoms with E-state index in [0.29, 0.717) is 5.88 Å². The standard InChI is InChI=1S/C9H12N4O4/c1-17-7-4-6(11-5-12-7)13-9(16)10-3-2-8(14)15/h4-5H,2-3H2,1H3,(H,14,15)(H2,10,11,12,13,16). The summed E-state index contributed by atoms with van der Waals surface area (Å²) in [6.45, 7) is 0.0450. The fourth-order valence-electron chi connectivity index (χ4n) is 0.963. The molecule has 92 valence electrons. The summed E-state index contributed by atoms with van der Waals surface area (Å²) >= 11 is 0. The molecule has 0 aliphatic rings. The maximum absolute atomic E-state index is 11.3. The summed E-state index contributed by atoms with van der Waals surface area (Å²) in [6, 6.07) is 0.906. The summed E-state index contributed by atoms with van der Waals surface area (Å²) in [5, 5.41) is 13.2. The van der Waals surface area contributed by atoms with E-state index in [2.05, 4.69) is 20.6 Å². The fraction of sp³-hybridized carbons (Fsp3) is 0.333. The fourth-order valence-corrected chi connectivity index (χ4v) is 0.963. The lowest BCUT2D eigenvalue weighted by molar-refractivity contribution is -0.136. The van der Waals surface area contributed by atoms with Crippen LogP contribution < -0.4 is 15.4 Å². The van der Waals surface area contributed by atoms with Gasteiger partial charge < -0.3 is 15.2 Å². The minimum absolute atomic E-state index is 0.0450. The van der Waals surface area contributed by atoms with Gasteiger partial charge in [-0.2, -0.15) is 0 Å². The lowest BCUT2D eigenvalue weighted by Gasteiger charge is -2.06. The Bertz CT molecular complexity index is 410. The number of aromatic nitrogens is 2. The van der Waals surface area contributed by atoms with Gasteiger partial charge in [0.25, 0.3) is 0 Å². The number of amides is 2. The van der Waals surface area contributed by atoms with Crippen LogP contribution in [0.3, 0.4) is 0 Å². The highest BCUT2D eigenvalue weighted by Crippen LogP contribution is 2.09. The van der Waals surface area contributed by atoms with E-state index in [9.17, 15) is 9.59 Å². The Kier molecular flexibility index (Phi) is 4.67. The highest BCUT2D eigenvalue weighted by Gasteiger charge is 2.04. The van der Waals surface area contributed by atoms with E-state index >= 15 is 0 Å². The Morgan fingerprint density at radius 1 is 1.47 bits per heavy atom. The van der Waals surface area contributed by atoms with E-state index in [1.165, 1.54) is 19.5 Å². The van der Waals surface area contributed by atoms with E-state index in [1.54, 1.807) is 0 Å². The van der Waals surface area contributed by atoms with Crippen molar-refractivity contribution in [1.29, 1.82) is 0 Å². The highest BCUT2D eigenvalue weighted by molar-refractivity contribution is 5.88. The maximum Gasteiger partial charge on any atom is 0.320 e. The van der Waals surface area contributed by atoms with Crippen LogP contribution in [0.5, 0.6) is 5.88 Å². The molecule has 0 aromatic carbocycles. The number of ether oxygens (including phenoxy) is 1. The lowest BCUT2D eigenvalue weighted by Crippen LogP contribution is -2.30. The molecule has 0 atom stereocenters. The van der Waals surface area contributed by atoms with Crippen LogP contribution in [0.25, 0.3) is 0 Å². The molecule has 0 saturated heterocycles. The van der Waals surface area contributed by atoms with Crippen molar-refractivity contribution < 1.29 is 19.4 Å². The molecule has 0 radical (unpaired) electrons. The minimum Gasteiger partial charge on any atom is -0.481 e. The number of anilines is 1. The van der Waals surface area contributed by atoms with Gasteiger partial charge in [0, 0.05) is 12.6 Å². The van der Waals surface area contributed by atoms with Crippen LogP contribution in [0.15, 0.2) is 12.4 Å². The first-order valence-corrected chi connectivity index (χ1v) is 4.74. The quantitative estimate of drug-likeness (QED) is 0.671. The van der Waals surface area contributed by atoms with Gasteiger partial charge in [0.2, 0.25) is 5.88 Å². The Labute approximate surface area is 97.0 Å². The number of hydrogen-bond donors (Lipinski definition) is 3. The molecule has 17 heavy (non-hydrogen) atoms. The van der Waals surface area contributed by atoms with Gasteiger partial charge in [-0.15, -0.1) is 0 Å². The SMILES string of the molecule is COc1cc(NC(=O)NCCC(=O)O)ncn1. The van der Waals surface area contributed by atoms with E-state index in [-0.39, 0.29) is 18.8 Å². The monoisotopic (exact) mass is 240 g/mol. The number of rotatable bonds is 5. The van der Waals surface area contributed by atoms with E-state index in [0.717, 1.165) is 0 Å². The van der Waals surface area contributed by atoms with Gasteiger partial charge in [-0.05, 0) is 0 Å². The van der Waals surface area contributed by atoms with Crippen LogP contribution in [0.2, 0.25) is 0 Å². The Morgan fingerprint density at radius 2 is 2.24 bits per heavy atom. The van der Waals surface area contributed by atoms with E-state index in [1.807, 2.05) is 0 Å². The van der Waals surface area contributed by atoms with Gasteiger partial charge in [0.1, 0.15) is 12.1 Å². The molecular weight excluding hydrogens is 228 g/mol.